The molecule has 1 aliphatic heterocycles. The summed E-state index contributed by atoms with van der Waals surface area (Å²) < 4.78 is 5.82. The highest BCUT2D eigenvalue weighted by atomic mass is 16.6. The summed E-state index contributed by atoms with van der Waals surface area (Å²) in [4.78, 5) is 16.6. The quantitative estimate of drug-likeness (QED) is 0.626. The number of rotatable bonds is 5. The van der Waals surface area contributed by atoms with E-state index in [0.29, 0.717) is 5.92 Å². The second-order valence-corrected chi connectivity index (χ2v) is 5.69. The van der Waals surface area contributed by atoms with Gasteiger partial charge in [-0.15, -0.1) is 0 Å². The Labute approximate surface area is 134 Å². The maximum atomic E-state index is 10.7. The van der Waals surface area contributed by atoms with Crippen LogP contribution in [0.5, 0.6) is 5.75 Å². The predicted octanol–water partition coefficient (Wildman–Crippen LogP) is 3.29. The largest absolute Gasteiger partial charge is 0.493 e. The molecule has 6 heteroatoms. The van der Waals surface area contributed by atoms with Crippen molar-refractivity contribution in [2.24, 2.45) is 5.92 Å². The molecule has 0 radical (unpaired) electrons. The van der Waals surface area contributed by atoms with Crippen molar-refractivity contribution in [1.29, 1.82) is 0 Å². The van der Waals surface area contributed by atoms with Crippen molar-refractivity contribution in [2.75, 3.05) is 24.6 Å². The SMILES string of the molecule is O=[N+]([O-])c1ccc(N2CCC(COc3ccccc3)CC2)nc1. The number of piperidine rings is 1. The molecule has 1 aromatic heterocycles. The molecule has 0 N–H and O–H groups in total. The average Bonchev–Trinajstić information content (AvgIpc) is 2.61. The summed E-state index contributed by atoms with van der Waals surface area (Å²) in [5.41, 5.74) is 0.0277. The Morgan fingerprint density at radius 3 is 2.52 bits per heavy atom. The number of ether oxygens (including phenoxy) is 1. The van der Waals surface area contributed by atoms with Crippen molar-refractivity contribution in [3.05, 3.63) is 58.8 Å². The average molecular weight is 313 g/mol. The standard InChI is InChI=1S/C17H19N3O3/c21-20(22)15-6-7-17(18-12-15)19-10-8-14(9-11-19)13-23-16-4-2-1-3-5-16/h1-7,12,14H,8-11,13H2. The third-order valence-electron chi connectivity index (χ3n) is 4.11. The number of nitro groups is 1. The van der Waals surface area contributed by atoms with E-state index in [2.05, 4.69) is 9.88 Å². The fourth-order valence-corrected chi connectivity index (χ4v) is 2.73. The van der Waals surface area contributed by atoms with Crippen molar-refractivity contribution < 1.29 is 9.66 Å². The molecule has 6 nitrogen and oxygen atoms in total. The maximum Gasteiger partial charge on any atom is 0.287 e. The third kappa shape index (κ3) is 3.97. The zero-order valence-corrected chi connectivity index (χ0v) is 12.8. The van der Waals surface area contributed by atoms with Gasteiger partial charge in [-0.3, -0.25) is 10.1 Å². The molecule has 0 aliphatic carbocycles. The van der Waals surface area contributed by atoms with Crippen molar-refractivity contribution in [3.8, 4) is 5.75 Å². The van der Waals surface area contributed by atoms with Crippen molar-refractivity contribution in [3.63, 3.8) is 0 Å². The number of anilines is 1. The number of hydrogen-bond donors (Lipinski definition) is 0. The number of aromatic nitrogens is 1. The number of nitrogens with zero attached hydrogens (tertiary/aromatic N) is 3. The molecule has 3 rings (SSSR count). The highest BCUT2D eigenvalue weighted by Gasteiger charge is 2.21. The van der Waals surface area contributed by atoms with E-state index in [0.717, 1.165) is 44.1 Å². The van der Waals surface area contributed by atoms with Gasteiger partial charge < -0.3 is 9.64 Å². The minimum Gasteiger partial charge on any atom is -0.493 e. The Morgan fingerprint density at radius 2 is 1.91 bits per heavy atom. The molecule has 1 saturated heterocycles. The molecule has 2 heterocycles. The van der Waals surface area contributed by atoms with E-state index < -0.39 is 4.92 Å². The van der Waals surface area contributed by atoms with Gasteiger partial charge in [0.1, 0.15) is 17.8 Å². The lowest BCUT2D eigenvalue weighted by molar-refractivity contribution is -0.385. The van der Waals surface area contributed by atoms with Crippen molar-refractivity contribution >= 4 is 11.5 Å². The highest BCUT2D eigenvalue weighted by molar-refractivity contribution is 5.43. The Morgan fingerprint density at radius 1 is 1.17 bits per heavy atom. The van der Waals surface area contributed by atoms with Crippen LogP contribution in [-0.4, -0.2) is 29.6 Å². The fourth-order valence-electron chi connectivity index (χ4n) is 2.73. The van der Waals surface area contributed by atoms with Crippen LogP contribution in [0.25, 0.3) is 0 Å². The second-order valence-electron chi connectivity index (χ2n) is 5.69. The van der Waals surface area contributed by atoms with E-state index in [-0.39, 0.29) is 5.69 Å². The van der Waals surface area contributed by atoms with Gasteiger partial charge in [-0.05, 0) is 37.0 Å². The zero-order chi connectivity index (χ0) is 16.1. The van der Waals surface area contributed by atoms with Crippen molar-refractivity contribution in [2.45, 2.75) is 12.8 Å². The Hall–Kier alpha value is -2.63. The molecule has 0 atom stereocenters. The molecule has 1 aliphatic rings. The van der Waals surface area contributed by atoms with Gasteiger partial charge in [0, 0.05) is 19.2 Å². The summed E-state index contributed by atoms with van der Waals surface area (Å²) in [6.07, 6.45) is 3.39. The molecule has 120 valence electrons. The summed E-state index contributed by atoms with van der Waals surface area (Å²) in [5.74, 6) is 2.24. The molecule has 0 amide bonds. The first kappa shape index (κ1) is 15.3. The first-order valence-electron chi connectivity index (χ1n) is 7.75. The molecule has 0 unspecified atom stereocenters. The van der Waals surface area contributed by atoms with Gasteiger partial charge in [-0.25, -0.2) is 4.98 Å². The molecule has 0 saturated carbocycles. The highest BCUT2D eigenvalue weighted by Crippen LogP contribution is 2.24. The number of para-hydroxylation sites is 1. The molecule has 0 bridgehead atoms. The van der Waals surface area contributed by atoms with Gasteiger partial charge >= 0.3 is 0 Å². The zero-order valence-electron chi connectivity index (χ0n) is 12.8. The number of pyridine rings is 1. The number of hydrogen-bond acceptors (Lipinski definition) is 5. The molecular formula is C17H19N3O3. The van der Waals surface area contributed by atoms with Gasteiger partial charge in [0.2, 0.25) is 0 Å². The first-order chi connectivity index (χ1) is 11.2. The minimum absolute atomic E-state index is 0.0277. The van der Waals surface area contributed by atoms with Gasteiger partial charge in [-0.2, -0.15) is 0 Å². The predicted molar refractivity (Wildman–Crippen MR) is 87.8 cm³/mol. The summed E-state index contributed by atoms with van der Waals surface area (Å²) in [6, 6.07) is 13.1. The normalized spacial score (nSPS) is 15.4. The van der Waals surface area contributed by atoms with Crippen LogP contribution in [0.15, 0.2) is 48.7 Å². The molecular weight excluding hydrogens is 294 g/mol. The van der Waals surface area contributed by atoms with Gasteiger partial charge in [0.05, 0.1) is 11.5 Å². The van der Waals surface area contributed by atoms with E-state index in [9.17, 15) is 10.1 Å². The van der Waals surface area contributed by atoms with Gasteiger partial charge in [0.15, 0.2) is 0 Å². The summed E-state index contributed by atoms with van der Waals surface area (Å²) in [5, 5.41) is 10.7. The van der Waals surface area contributed by atoms with E-state index >= 15 is 0 Å². The van der Waals surface area contributed by atoms with Crippen LogP contribution < -0.4 is 9.64 Å². The first-order valence-corrected chi connectivity index (χ1v) is 7.75. The monoisotopic (exact) mass is 313 g/mol. The molecule has 1 fully saturated rings. The van der Waals surface area contributed by atoms with Gasteiger partial charge in [-0.1, -0.05) is 18.2 Å². The van der Waals surface area contributed by atoms with Crippen LogP contribution in [0.2, 0.25) is 0 Å². The number of benzene rings is 1. The second kappa shape index (κ2) is 7.09. The Balaban J connectivity index is 1.49. The van der Waals surface area contributed by atoms with Crippen molar-refractivity contribution in [1.82, 2.24) is 4.98 Å². The van der Waals surface area contributed by atoms with Gasteiger partial charge in [0.25, 0.3) is 5.69 Å². The molecule has 1 aromatic carbocycles. The lowest BCUT2D eigenvalue weighted by atomic mass is 9.98. The van der Waals surface area contributed by atoms with Crippen LogP contribution in [-0.2, 0) is 0 Å². The molecule has 0 spiro atoms. The topological polar surface area (TPSA) is 68.5 Å². The molecule has 23 heavy (non-hydrogen) atoms. The van der Waals surface area contributed by atoms with E-state index in [4.69, 9.17) is 4.74 Å². The fraction of sp³-hybridized carbons (Fsp3) is 0.353. The summed E-state index contributed by atoms with van der Waals surface area (Å²) >= 11 is 0. The molecule has 2 aromatic rings. The van der Waals surface area contributed by atoms with Crippen LogP contribution in [0, 0.1) is 16.0 Å². The van der Waals surface area contributed by atoms with E-state index in [1.807, 2.05) is 30.3 Å². The third-order valence-corrected chi connectivity index (χ3v) is 4.11. The van der Waals surface area contributed by atoms with E-state index in [1.165, 1.54) is 12.3 Å². The van der Waals surface area contributed by atoms with Crippen LogP contribution in [0.3, 0.4) is 0 Å². The Kier molecular flexibility index (Phi) is 4.71. The lowest BCUT2D eigenvalue weighted by Crippen LogP contribution is -2.36. The maximum absolute atomic E-state index is 10.7. The lowest BCUT2D eigenvalue weighted by Gasteiger charge is -2.32. The minimum atomic E-state index is -0.427. The smallest absolute Gasteiger partial charge is 0.287 e. The van der Waals surface area contributed by atoms with Crippen LogP contribution in [0.4, 0.5) is 11.5 Å². The van der Waals surface area contributed by atoms with E-state index in [1.54, 1.807) is 6.07 Å². The Bertz CT molecular complexity index is 638. The summed E-state index contributed by atoms with van der Waals surface area (Å²) in [7, 11) is 0. The summed E-state index contributed by atoms with van der Waals surface area (Å²) in [6.45, 7) is 2.52. The van der Waals surface area contributed by atoms with Crippen LogP contribution >= 0.6 is 0 Å². The van der Waals surface area contributed by atoms with Crippen LogP contribution in [0.1, 0.15) is 12.8 Å².